The maximum Gasteiger partial charge on any atom is 0.434 e. The van der Waals surface area contributed by atoms with Crippen LogP contribution in [0.15, 0.2) is 24.7 Å². The van der Waals surface area contributed by atoms with Crippen LogP contribution in [0.5, 0.6) is 0 Å². The van der Waals surface area contributed by atoms with E-state index < -0.39 is 17.5 Å². The van der Waals surface area contributed by atoms with Crippen molar-refractivity contribution in [2.45, 2.75) is 39.0 Å². The number of rotatable bonds is 1. The Bertz CT molecular complexity index is 865. The number of alkyl halides is 3. The van der Waals surface area contributed by atoms with Crippen LogP contribution in [0.1, 0.15) is 38.6 Å². The third kappa shape index (κ3) is 3.97. The number of nitrogens with zero attached hydrogens (tertiary/aromatic N) is 4. The highest BCUT2D eigenvalue weighted by Gasteiger charge is 2.34. The van der Waals surface area contributed by atoms with Crippen LogP contribution >= 0.6 is 0 Å². The molecule has 140 valence electrons. The van der Waals surface area contributed by atoms with E-state index in [0.29, 0.717) is 25.2 Å². The molecule has 0 atom stereocenters. The Morgan fingerprint density at radius 2 is 1.96 bits per heavy atom. The normalized spacial score (nSPS) is 15.9. The maximum atomic E-state index is 12.8. The Balaban J connectivity index is 1.77. The van der Waals surface area contributed by atoms with Gasteiger partial charge < -0.3 is 14.0 Å². The molecule has 0 N–H and O–H groups in total. The molecule has 0 saturated carbocycles. The van der Waals surface area contributed by atoms with Gasteiger partial charge in [0.25, 0.3) is 0 Å². The average Bonchev–Trinajstić information content (AvgIpc) is 2.97. The molecule has 2 aromatic heterocycles. The molecule has 0 bridgehead atoms. The van der Waals surface area contributed by atoms with E-state index in [1.165, 1.54) is 16.8 Å². The number of aromatic nitrogens is 3. The maximum absolute atomic E-state index is 12.8. The van der Waals surface area contributed by atoms with Gasteiger partial charge >= 0.3 is 12.3 Å². The first-order valence-electron chi connectivity index (χ1n) is 8.12. The molecule has 0 fully saturated rings. The molecule has 0 unspecified atom stereocenters. The molecule has 26 heavy (non-hydrogen) atoms. The van der Waals surface area contributed by atoms with Crippen LogP contribution in [-0.2, 0) is 10.9 Å². The van der Waals surface area contributed by atoms with Gasteiger partial charge in [-0.3, -0.25) is 4.98 Å². The molecule has 1 amide bonds. The van der Waals surface area contributed by atoms with Crippen molar-refractivity contribution in [3.8, 4) is 0 Å². The molecule has 1 aliphatic heterocycles. The van der Waals surface area contributed by atoms with Gasteiger partial charge in [-0.15, -0.1) is 0 Å². The predicted molar refractivity (Wildman–Crippen MR) is 88.4 cm³/mol. The molecule has 2 aromatic rings. The minimum absolute atomic E-state index is 0.132. The summed E-state index contributed by atoms with van der Waals surface area (Å²) in [5, 5.41) is 0. The summed E-state index contributed by atoms with van der Waals surface area (Å²) >= 11 is 0. The number of carbonyl (C=O) groups is 1. The van der Waals surface area contributed by atoms with Gasteiger partial charge in [0.05, 0.1) is 11.9 Å². The third-order valence-corrected chi connectivity index (χ3v) is 3.82. The van der Waals surface area contributed by atoms with Crippen LogP contribution in [0.3, 0.4) is 0 Å². The Morgan fingerprint density at radius 1 is 1.23 bits per heavy atom. The molecule has 0 radical (unpaired) electrons. The summed E-state index contributed by atoms with van der Waals surface area (Å²) in [5.74, 6) is 0. The standard InChI is InChI=1S/C17H19F3N4O2/c1-16(2,3)26-15(25)23-6-4-11(5-7-23)12-9-24-10-13(17(18,19)20)22-14(24)8-21-12/h4,8-10H,5-7H2,1-3H3. The number of imidazole rings is 1. The summed E-state index contributed by atoms with van der Waals surface area (Å²) in [4.78, 5) is 21.4. The first-order chi connectivity index (χ1) is 12.0. The lowest BCUT2D eigenvalue weighted by Gasteiger charge is -2.29. The van der Waals surface area contributed by atoms with Gasteiger partial charge in [-0.25, -0.2) is 9.78 Å². The molecular weight excluding hydrogens is 349 g/mol. The van der Waals surface area contributed by atoms with Gasteiger partial charge in [-0.1, -0.05) is 6.08 Å². The van der Waals surface area contributed by atoms with E-state index in [1.54, 1.807) is 25.7 Å². The van der Waals surface area contributed by atoms with Crippen LogP contribution in [0.2, 0.25) is 0 Å². The van der Waals surface area contributed by atoms with Gasteiger partial charge in [0.1, 0.15) is 5.60 Å². The minimum atomic E-state index is -4.50. The van der Waals surface area contributed by atoms with E-state index in [1.807, 2.05) is 6.08 Å². The number of ether oxygens (including phenoxy) is 1. The van der Waals surface area contributed by atoms with Gasteiger partial charge in [-0.2, -0.15) is 13.2 Å². The lowest BCUT2D eigenvalue weighted by atomic mass is 10.1. The van der Waals surface area contributed by atoms with Crippen LogP contribution in [0.25, 0.3) is 11.2 Å². The zero-order valence-corrected chi connectivity index (χ0v) is 14.7. The lowest BCUT2D eigenvalue weighted by Crippen LogP contribution is -2.39. The Labute approximate surface area is 148 Å². The van der Waals surface area contributed by atoms with Crippen molar-refractivity contribution in [2.24, 2.45) is 0 Å². The van der Waals surface area contributed by atoms with E-state index in [9.17, 15) is 18.0 Å². The summed E-state index contributed by atoms with van der Waals surface area (Å²) in [6.45, 7) is 6.22. The van der Waals surface area contributed by atoms with E-state index in [2.05, 4.69) is 9.97 Å². The van der Waals surface area contributed by atoms with E-state index in [4.69, 9.17) is 4.74 Å². The number of hydrogen-bond donors (Lipinski definition) is 0. The molecule has 0 saturated heterocycles. The van der Waals surface area contributed by atoms with Gasteiger partial charge in [-0.05, 0) is 32.8 Å². The Kier molecular flexibility index (Phi) is 4.41. The topological polar surface area (TPSA) is 59.7 Å². The Hall–Kier alpha value is -2.58. The summed E-state index contributed by atoms with van der Waals surface area (Å²) in [6.07, 6.45) is 1.27. The molecule has 0 aliphatic carbocycles. The molecule has 9 heteroatoms. The average molecular weight is 368 g/mol. The van der Waals surface area contributed by atoms with E-state index >= 15 is 0 Å². The quantitative estimate of drug-likeness (QED) is 0.769. The van der Waals surface area contributed by atoms with Gasteiger partial charge in [0.15, 0.2) is 11.3 Å². The number of halogens is 3. The largest absolute Gasteiger partial charge is 0.444 e. The number of hydrogen-bond acceptors (Lipinski definition) is 4. The van der Waals surface area contributed by atoms with Crippen LogP contribution in [-0.4, -0.2) is 44.1 Å². The van der Waals surface area contributed by atoms with Crippen molar-refractivity contribution in [2.75, 3.05) is 13.1 Å². The van der Waals surface area contributed by atoms with Crippen molar-refractivity contribution in [1.29, 1.82) is 0 Å². The highest BCUT2D eigenvalue weighted by Crippen LogP contribution is 2.29. The summed E-state index contributed by atoms with van der Waals surface area (Å²) in [5.41, 5.74) is 0.0464. The Morgan fingerprint density at radius 3 is 2.54 bits per heavy atom. The fraction of sp³-hybridized carbons (Fsp3) is 0.471. The summed E-state index contributed by atoms with van der Waals surface area (Å²) in [6, 6.07) is 0. The predicted octanol–water partition coefficient (Wildman–Crippen LogP) is 3.77. The second kappa shape index (κ2) is 6.30. The number of fused-ring (bicyclic) bond motifs is 1. The van der Waals surface area contributed by atoms with Crippen molar-refractivity contribution in [3.63, 3.8) is 0 Å². The minimum Gasteiger partial charge on any atom is -0.444 e. The molecule has 0 spiro atoms. The zero-order valence-electron chi connectivity index (χ0n) is 14.7. The molecule has 3 rings (SSSR count). The first-order valence-corrected chi connectivity index (χ1v) is 8.12. The van der Waals surface area contributed by atoms with Gasteiger partial charge in [0.2, 0.25) is 0 Å². The lowest BCUT2D eigenvalue weighted by molar-refractivity contribution is -0.140. The monoisotopic (exact) mass is 368 g/mol. The SMILES string of the molecule is CC(C)(C)OC(=O)N1CC=C(c2cn3cc(C(F)(F)F)nc3cn2)CC1. The van der Waals surface area contributed by atoms with Crippen molar-refractivity contribution in [3.05, 3.63) is 36.1 Å². The van der Waals surface area contributed by atoms with Crippen molar-refractivity contribution in [1.82, 2.24) is 19.3 Å². The molecular formula is C17H19F3N4O2. The van der Waals surface area contributed by atoms with Crippen molar-refractivity contribution < 1.29 is 22.7 Å². The number of carbonyl (C=O) groups excluding carboxylic acids is 1. The summed E-state index contributed by atoms with van der Waals surface area (Å²) < 4.78 is 44.9. The second-order valence-corrected chi connectivity index (χ2v) is 7.07. The van der Waals surface area contributed by atoms with Crippen LogP contribution in [0.4, 0.5) is 18.0 Å². The van der Waals surface area contributed by atoms with E-state index in [0.717, 1.165) is 11.8 Å². The molecule has 6 nitrogen and oxygen atoms in total. The second-order valence-electron chi connectivity index (χ2n) is 7.07. The summed E-state index contributed by atoms with van der Waals surface area (Å²) in [7, 11) is 0. The van der Waals surface area contributed by atoms with E-state index in [-0.39, 0.29) is 11.7 Å². The zero-order chi connectivity index (χ0) is 19.1. The fourth-order valence-corrected chi connectivity index (χ4v) is 2.60. The van der Waals surface area contributed by atoms with Crippen LogP contribution < -0.4 is 0 Å². The highest BCUT2D eigenvalue weighted by atomic mass is 19.4. The highest BCUT2D eigenvalue weighted by molar-refractivity contribution is 5.72. The molecule has 1 aliphatic rings. The smallest absolute Gasteiger partial charge is 0.434 e. The fourth-order valence-electron chi connectivity index (χ4n) is 2.60. The third-order valence-electron chi connectivity index (χ3n) is 3.82. The van der Waals surface area contributed by atoms with Crippen LogP contribution in [0, 0.1) is 0 Å². The molecule has 3 heterocycles. The van der Waals surface area contributed by atoms with Crippen molar-refractivity contribution >= 4 is 17.3 Å². The van der Waals surface area contributed by atoms with Gasteiger partial charge in [0, 0.05) is 25.5 Å². The number of amides is 1. The molecule has 0 aromatic carbocycles. The first kappa shape index (κ1) is 18.2.